The van der Waals surface area contributed by atoms with Crippen LogP contribution in [0, 0.1) is 0 Å². The van der Waals surface area contributed by atoms with Crippen LogP contribution in [-0.2, 0) is 0 Å². The van der Waals surface area contributed by atoms with Crippen molar-refractivity contribution in [1.82, 2.24) is 4.98 Å². The molecule has 1 aromatic heterocycles. The summed E-state index contributed by atoms with van der Waals surface area (Å²) in [5.74, 6) is 5.71. The number of nitrogens with one attached hydrogen (secondary N) is 2. The molecule has 1 aromatic carbocycles. The Labute approximate surface area is 112 Å². The number of benzene rings is 1. The van der Waals surface area contributed by atoms with Gasteiger partial charge in [-0.1, -0.05) is 0 Å². The maximum atomic E-state index is 12.9. The topological polar surface area (TPSA) is 81.4 Å². The summed E-state index contributed by atoms with van der Waals surface area (Å²) in [6, 6.07) is 7.80. The van der Waals surface area contributed by atoms with Gasteiger partial charge in [-0.3, -0.25) is 0 Å². The zero-order valence-electron chi connectivity index (χ0n) is 10.1. The van der Waals surface area contributed by atoms with Gasteiger partial charge in [0.05, 0.1) is 0 Å². The first kappa shape index (κ1) is 12.4. The number of aromatic nitrogens is 1. The van der Waals surface area contributed by atoms with E-state index >= 15 is 0 Å². The van der Waals surface area contributed by atoms with Crippen molar-refractivity contribution in [1.29, 1.82) is 0 Å². The Morgan fingerprint density at radius 1 is 1.05 bits per heavy atom. The number of nitrogen functional groups attached to an aromatic ring is 1. The first-order chi connectivity index (χ1) is 9.55. The Morgan fingerprint density at radius 3 is 2.60 bits per heavy atom. The van der Waals surface area contributed by atoms with Crippen molar-refractivity contribution >= 4 is 17.2 Å². The lowest BCUT2D eigenvalue weighted by atomic mass is 10.2. The highest BCUT2D eigenvalue weighted by Gasteiger charge is 2.43. The molecule has 0 amide bonds. The maximum absolute atomic E-state index is 12.9. The molecule has 20 heavy (non-hydrogen) atoms. The molecule has 2 heterocycles. The minimum atomic E-state index is -3.62. The van der Waals surface area contributed by atoms with Crippen molar-refractivity contribution in [3.8, 4) is 11.5 Å². The van der Waals surface area contributed by atoms with Crippen LogP contribution in [0.4, 0.5) is 26.0 Å². The molecule has 0 atom stereocenters. The molecule has 0 bridgehead atoms. The summed E-state index contributed by atoms with van der Waals surface area (Å²) in [5, 5.41) is 3.02. The Balaban J connectivity index is 1.82. The van der Waals surface area contributed by atoms with E-state index in [0.717, 1.165) is 0 Å². The summed E-state index contributed by atoms with van der Waals surface area (Å²) in [6.45, 7) is 0. The molecule has 0 spiro atoms. The highest BCUT2D eigenvalue weighted by molar-refractivity contribution is 5.65. The number of rotatable bonds is 3. The Hall–Kier alpha value is -2.61. The molecule has 3 rings (SSSR count). The SMILES string of the molecule is NNc1cc(Nc2ccc3c(c2)OC(F)(F)O3)ccn1. The van der Waals surface area contributed by atoms with E-state index < -0.39 is 6.29 Å². The molecular weight excluding hydrogens is 270 g/mol. The number of ether oxygens (including phenoxy) is 2. The maximum Gasteiger partial charge on any atom is 0.586 e. The second-order valence-corrected chi connectivity index (χ2v) is 4.03. The molecule has 104 valence electrons. The van der Waals surface area contributed by atoms with Gasteiger partial charge < -0.3 is 20.2 Å². The van der Waals surface area contributed by atoms with E-state index in [-0.39, 0.29) is 11.5 Å². The Morgan fingerprint density at radius 2 is 1.80 bits per heavy atom. The van der Waals surface area contributed by atoms with Gasteiger partial charge in [-0.05, 0) is 18.2 Å². The fourth-order valence-electron chi connectivity index (χ4n) is 1.78. The van der Waals surface area contributed by atoms with Crippen molar-refractivity contribution in [3.63, 3.8) is 0 Å². The van der Waals surface area contributed by atoms with Crippen molar-refractivity contribution in [3.05, 3.63) is 36.5 Å². The fourth-order valence-corrected chi connectivity index (χ4v) is 1.78. The number of hydrogen-bond donors (Lipinski definition) is 3. The summed E-state index contributed by atoms with van der Waals surface area (Å²) in [5.41, 5.74) is 3.67. The molecule has 0 radical (unpaired) electrons. The van der Waals surface area contributed by atoms with E-state index in [2.05, 4.69) is 25.2 Å². The Kier molecular flexibility index (Phi) is 2.79. The number of alkyl halides is 2. The van der Waals surface area contributed by atoms with Gasteiger partial charge in [-0.25, -0.2) is 10.8 Å². The second kappa shape index (κ2) is 4.49. The van der Waals surface area contributed by atoms with E-state index in [9.17, 15) is 8.78 Å². The summed E-state index contributed by atoms with van der Waals surface area (Å²) in [6.07, 6.45) is -2.06. The van der Waals surface area contributed by atoms with E-state index in [1.807, 2.05) is 0 Å². The summed E-state index contributed by atoms with van der Waals surface area (Å²) in [4.78, 5) is 3.96. The zero-order valence-corrected chi connectivity index (χ0v) is 10.1. The van der Waals surface area contributed by atoms with Crippen LogP contribution < -0.4 is 26.1 Å². The van der Waals surface area contributed by atoms with E-state index in [4.69, 9.17) is 5.84 Å². The smallest absolute Gasteiger partial charge is 0.395 e. The number of fused-ring (bicyclic) bond motifs is 1. The molecular formula is C12H10F2N4O2. The molecule has 0 fully saturated rings. The van der Waals surface area contributed by atoms with E-state index in [1.54, 1.807) is 24.4 Å². The van der Waals surface area contributed by atoms with Crippen LogP contribution in [0.3, 0.4) is 0 Å². The summed E-state index contributed by atoms with van der Waals surface area (Å²) in [7, 11) is 0. The molecule has 0 unspecified atom stereocenters. The van der Waals surface area contributed by atoms with Crippen LogP contribution in [-0.4, -0.2) is 11.3 Å². The normalized spacial score (nSPS) is 14.9. The molecule has 8 heteroatoms. The number of anilines is 3. The lowest BCUT2D eigenvalue weighted by Gasteiger charge is -2.08. The van der Waals surface area contributed by atoms with Gasteiger partial charge >= 0.3 is 6.29 Å². The quantitative estimate of drug-likeness (QED) is 0.592. The predicted molar refractivity (Wildman–Crippen MR) is 68.0 cm³/mol. The number of halogens is 2. The molecule has 0 saturated carbocycles. The van der Waals surface area contributed by atoms with Gasteiger partial charge in [-0.2, -0.15) is 0 Å². The largest absolute Gasteiger partial charge is 0.586 e. The first-order valence-electron chi connectivity index (χ1n) is 5.65. The highest BCUT2D eigenvalue weighted by atomic mass is 19.3. The fraction of sp³-hybridized carbons (Fsp3) is 0.0833. The van der Waals surface area contributed by atoms with Crippen LogP contribution in [0.2, 0.25) is 0 Å². The van der Waals surface area contributed by atoms with Gasteiger partial charge in [0, 0.05) is 29.7 Å². The number of hydrazine groups is 1. The molecule has 0 aliphatic carbocycles. The molecule has 0 saturated heterocycles. The first-order valence-corrected chi connectivity index (χ1v) is 5.65. The second-order valence-electron chi connectivity index (χ2n) is 4.03. The average Bonchev–Trinajstić information content (AvgIpc) is 2.72. The van der Waals surface area contributed by atoms with E-state index in [1.165, 1.54) is 12.1 Å². The van der Waals surface area contributed by atoms with E-state index in [0.29, 0.717) is 17.2 Å². The highest BCUT2D eigenvalue weighted by Crippen LogP contribution is 2.42. The van der Waals surface area contributed by atoms with Crippen LogP contribution in [0.1, 0.15) is 0 Å². The van der Waals surface area contributed by atoms with Gasteiger partial charge in [0.1, 0.15) is 5.82 Å². The molecule has 6 nitrogen and oxygen atoms in total. The lowest BCUT2D eigenvalue weighted by Crippen LogP contribution is -2.25. The third-order valence-corrected chi connectivity index (χ3v) is 2.60. The summed E-state index contributed by atoms with van der Waals surface area (Å²) < 4.78 is 34.5. The van der Waals surface area contributed by atoms with Gasteiger partial charge in [-0.15, -0.1) is 8.78 Å². The van der Waals surface area contributed by atoms with Crippen molar-refractivity contribution in [2.75, 3.05) is 10.7 Å². The van der Waals surface area contributed by atoms with Gasteiger partial charge in [0.25, 0.3) is 0 Å². The predicted octanol–water partition coefficient (Wildman–Crippen LogP) is 2.43. The number of pyridine rings is 1. The summed E-state index contributed by atoms with van der Waals surface area (Å²) >= 11 is 0. The number of nitrogens with two attached hydrogens (primary N) is 1. The average molecular weight is 280 g/mol. The van der Waals surface area contributed by atoms with Crippen LogP contribution in [0.25, 0.3) is 0 Å². The van der Waals surface area contributed by atoms with Gasteiger partial charge in [0.2, 0.25) is 0 Å². The third kappa shape index (κ3) is 2.41. The lowest BCUT2D eigenvalue weighted by molar-refractivity contribution is -0.286. The monoisotopic (exact) mass is 280 g/mol. The molecule has 1 aliphatic rings. The van der Waals surface area contributed by atoms with Crippen molar-refractivity contribution in [2.45, 2.75) is 6.29 Å². The van der Waals surface area contributed by atoms with Crippen molar-refractivity contribution in [2.24, 2.45) is 5.84 Å². The zero-order chi connectivity index (χ0) is 14.2. The minimum absolute atomic E-state index is 0.000378. The van der Waals surface area contributed by atoms with Crippen molar-refractivity contribution < 1.29 is 18.3 Å². The standard InChI is InChI=1S/C12H10F2N4O2/c13-12(14)19-9-2-1-7(5-10(9)20-12)17-8-3-4-16-11(6-8)18-15/h1-6H,15H2,(H2,16,17,18). The molecule has 1 aliphatic heterocycles. The molecule has 2 aromatic rings. The number of nitrogens with zero attached hydrogens (tertiary/aromatic N) is 1. The molecule has 4 N–H and O–H groups in total. The Bertz CT molecular complexity index is 651. The van der Waals surface area contributed by atoms with Gasteiger partial charge in [0.15, 0.2) is 11.5 Å². The van der Waals surface area contributed by atoms with Crippen LogP contribution in [0.5, 0.6) is 11.5 Å². The third-order valence-electron chi connectivity index (χ3n) is 2.60. The minimum Gasteiger partial charge on any atom is -0.395 e. The number of hydrogen-bond acceptors (Lipinski definition) is 6. The van der Waals surface area contributed by atoms with Crippen LogP contribution >= 0.6 is 0 Å². The van der Waals surface area contributed by atoms with Crippen LogP contribution in [0.15, 0.2) is 36.5 Å².